The molecular weight excluding hydrogens is 372 g/mol. The van der Waals surface area contributed by atoms with Crippen molar-refractivity contribution in [1.82, 2.24) is 10.6 Å². The number of carbonyl (C=O) groups is 3. The highest BCUT2D eigenvalue weighted by Crippen LogP contribution is 2.10. The third-order valence-corrected chi connectivity index (χ3v) is 4.12. The molecule has 0 aliphatic carbocycles. The van der Waals surface area contributed by atoms with Gasteiger partial charge in [-0.25, -0.2) is 9.59 Å². The Labute approximate surface area is 176 Å². The van der Waals surface area contributed by atoms with Crippen molar-refractivity contribution in [3.63, 3.8) is 0 Å². The van der Waals surface area contributed by atoms with Crippen molar-refractivity contribution in [1.29, 1.82) is 0 Å². The summed E-state index contributed by atoms with van der Waals surface area (Å²) >= 11 is 0. The molecule has 0 aromatic heterocycles. The Morgan fingerprint density at radius 1 is 0.897 bits per heavy atom. The molecule has 2 unspecified atom stereocenters. The first-order chi connectivity index (χ1) is 13.7. The minimum Gasteiger partial charge on any atom is -0.464 e. The van der Waals surface area contributed by atoms with E-state index < -0.39 is 30.1 Å². The zero-order chi connectivity index (χ0) is 21.8. The Hall–Kier alpha value is -2.57. The van der Waals surface area contributed by atoms with Gasteiger partial charge in [0, 0.05) is 2.85 Å². The minimum absolute atomic E-state index is 0. The third kappa shape index (κ3) is 9.96. The first-order valence-corrected chi connectivity index (χ1v) is 10.2. The monoisotopic (exact) mass is 410 g/mol. The van der Waals surface area contributed by atoms with Crippen molar-refractivity contribution in [2.24, 2.45) is 11.8 Å². The number of benzene rings is 1. The Balaban J connectivity index is 0. The molecule has 0 radical (unpaired) electrons. The van der Waals surface area contributed by atoms with Crippen molar-refractivity contribution in [2.45, 2.75) is 66.2 Å². The van der Waals surface area contributed by atoms with Crippen molar-refractivity contribution in [3.8, 4) is 0 Å². The van der Waals surface area contributed by atoms with Gasteiger partial charge in [0.05, 0.1) is 6.61 Å². The average molecular weight is 411 g/mol. The second-order valence-corrected chi connectivity index (χ2v) is 7.83. The molecule has 2 N–H and O–H groups in total. The summed E-state index contributed by atoms with van der Waals surface area (Å²) in [5.41, 5.74) is 0.854. The Kier molecular flexibility index (Phi) is 10.8. The van der Waals surface area contributed by atoms with Gasteiger partial charge < -0.3 is 20.1 Å². The van der Waals surface area contributed by atoms with E-state index in [4.69, 9.17) is 9.47 Å². The second-order valence-electron chi connectivity index (χ2n) is 7.83. The van der Waals surface area contributed by atoms with E-state index in [2.05, 4.69) is 10.6 Å². The maximum atomic E-state index is 12.8. The molecule has 0 fully saturated rings. The Morgan fingerprint density at radius 3 is 2.03 bits per heavy atom. The van der Waals surface area contributed by atoms with Crippen LogP contribution in [0.25, 0.3) is 0 Å². The number of nitrogens with one attached hydrogen (secondary N) is 2. The molecule has 0 saturated carbocycles. The molecule has 2 amide bonds. The lowest BCUT2D eigenvalue weighted by Gasteiger charge is -2.24. The summed E-state index contributed by atoms with van der Waals surface area (Å²) in [5.74, 6) is -0.540. The zero-order valence-corrected chi connectivity index (χ0v) is 18.1. The predicted octanol–water partition coefficient (Wildman–Crippen LogP) is 3.91. The summed E-state index contributed by atoms with van der Waals surface area (Å²) < 4.78 is 10.3. The van der Waals surface area contributed by atoms with E-state index >= 15 is 0 Å². The highest BCUT2D eigenvalue weighted by Gasteiger charge is 2.29. The molecular formula is C22H38N2O5. The van der Waals surface area contributed by atoms with Gasteiger partial charge in [0.15, 0.2) is 0 Å². The standard InChI is InChI=1S/C22H34N2O5.2H2/c1-6-28-21(26)19(13-16(4)5)23-20(25)18(12-15(2)3)24-22(27)29-14-17-10-8-7-9-11-17;;/h7-11,15-16,18-19H,6,12-14H2,1-5H3,(H,23,25)(H,24,27);2*1H. The summed E-state index contributed by atoms with van der Waals surface area (Å²) in [5, 5.41) is 5.36. The van der Waals surface area contributed by atoms with Gasteiger partial charge in [0.2, 0.25) is 5.91 Å². The van der Waals surface area contributed by atoms with Gasteiger partial charge in [0.25, 0.3) is 0 Å². The number of alkyl carbamates (subject to hydrolysis) is 1. The van der Waals surface area contributed by atoms with Crippen LogP contribution in [0.5, 0.6) is 0 Å². The van der Waals surface area contributed by atoms with Crippen LogP contribution in [0.3, 0.4) is 0 Å². The molecule has 1 aromatic rings. The molecule has 1 rings (SSSR count). The third-order valence-electron chi connectivity index (χ3n) is 4.12. The van der Waals surface area contributed by atoms with Gasteiger partial charge in [-0.15, -0.1) is 0 Å². The summed E-state index contributed by atoms with van der Waals surface area (Å²) in [4.78, 5) is 37.2. The largest absolute Gasteiger partial charge is 0.464 e. The number of esters is 1. The van der Waals surface area contributed by atoms with Gasteiger partial charge in [-0.05, 0) is 37.2 Å². The summed E-state index contributed by atoms with van der Waals surface area (Å²) in [6, 6.07) is 7.74. The Morgan fingerprint density at radius 2 is 1.48 bits per heavy atom. The maximum absolute atomic E-state index is 12.8. The molecule has 29 heavy (non-hydrogen) atoms. The van der Waals surface area contributed by atoms with E-state index in [1.807, 2.05) is 58.0 Å². The number of ether oxygens (including phenoxy) is 2. The van der Waals surface area contributed by atoms with Crippen molar-refractivity contribution < 1.29 is 26.7 Å². The number of carbonyl (C=O) groups excluding carboxylic acids is 3. The van der Waals surface area contributed by atoms with Gasteiger partial charge in [-0.1, -0.05) is 58.0 Å². The van der Waals surface area contributed by atoms with Crippen LogP contribution >= 0.6 is 0 Å². The highest BCUT2D eigenvalue weighted by atomic mass is 16.5. The lowest BCUT2D eigenvalue weighted by Crippen LogP contribution is -2.52. The summed E-state index contributed by atoms with van der Waals surface area (Å²) in [6.45, 7) is 9.90. The molecule has 166 valence electrons. The molecule has 7 nitrogen and oxygen atoms in total. The van der Waals surface area contributed by atoms with Crippen molar-refractivity contribution in [2.75, 3.05) is 6.61 Å². The maximum Gasteiger partial charge on any atom is 0.408 e. The molecule has 0 spiro atoms. The number of amides is 2. The zero-order valence-electron chi connectivity index (χ0n) is 18.1. The number of hydrogen-bond acceptors (Lipinski definition) is 5. The van der Waals surface area contributed by atoms with Crippen LogP contribution in [0.2, 0.25) is 0 Å². The van der Waals surface area contributed by atoms with Crippen molar-refractivity contribution in [3.05, 3.63) is 35.9 Å². The fourth-order valence-corrected chi connectivity index (χ4v) is 2.81. The van der Waals surface area contributed by atoms with Crippen LogP contribution in [0.15, 0.2) is 30.3 Å². The molecule has 0 aliphatic rings. The molecule has 0 heterocycles. The van der Waals surface area contributed by atoms with Crippen LogP contribution in [-0.4, -0.2) is 36.7 Å². The molecule has 2 atom stereocenters. The van der Waals surface area contributed by atoms with E-state index in [-0.39, 0.29) is 27.9 Å². The van der Waals surface area contributed by atoms with E-state index in [1.54, 1.807) is 6.92 Å². The number of rotatable bonds is 11. The highest BCUT2D eigenvalue weighted by molar-refractivity contribution is 5.89. The Bertz CT molecular complexity index is 657. The SMILES string of the molecule is CCOC(=O)C(CC(C)C)NC(=O)C(CC(C)C)NC(=O)OCc1ccccc1.[HH].[HH]. The second kappa shape index (κ2) is 12.8. The lowest BCUT2D eigenvalue weighted by atomic mass is 10.0. The van der Waals surface area contributed by atoms with Crippen LogP contribution in [0.4, 0.5) is 4.79 Å². The van der Waals surface area contributed by atoms with E-state index in [0.29, 0.717) is 12.8 Å². The fraction of sp³-hybridized carbons (Fsp3) is 0.591. The molecule has 7 heteroatoms. The first kappa shape index (κ1) is 24.5. The predicted molar refractivity (Wildman–Crippen MR) is 115 cm³/mol. The van der Waals surface area contributed by atoms with E-state index in [1.165, 1.54) is 0 Å². The number of hydrogen-bond donors (Lipinski definition) is 2. The van der Waals surface area contributed by atoms with Crippen LogP contribution in [0.1, 0.15) is 55.9 Å². The van der Waals surface area contributed by atoms with Crippen LogP contribution in [0, 0.1) is 11.8 Å². The summed E-state index contributed by atoms with van der Waals surface area (Å²) in [7, 11) is 0. The smallest absolute Gasteiger partial charge is 0.408 e. The van der Waals surface area contributed by atoms with Gasteiger partial charge >= 0.3 is 12.1 Å². The first-order valence-electron chi connectivity index (χ1n) is 10.2. The van der Waals surface area contributed by atoms with E-state index in [9.17, 15) is 14.4 Å². The lowest BCUT2D eigenvalue weighted by molar-refractivity contribution is -0.148. The fourth-order valence-electron chi connectivity index (χ4n) is 2.81. The topological polar surface area (TPSA) is 93.7 Å². The normalized spacial score (nSPS) is 12.9. The van der Waals surface area contributed by atoms with E-state index in [0.717, 1.165) is 5.56 Å². The van der Waals surface area contributed by atoms with Gasteiger partial charge in [-0.3, -0.25) is 4.79 Å². The van der Waals surface area contributed by atoms with Crippen LogP contribution < -0.4 is 10.6 Å². The molecule has 0 saturated heterocycles. The van der Waals surface area contributed by atoms with Crippen molar-refractivity contribution >= 4 is 18.0 Å². The molecule has 0 bridgehead atoms. The molecule has 0 aliphatic heterocycles. The van der Waals surface area contributed by atoms with Gasteiger partial charge in [0.1, 0.15) is 18.7 Å². The quantitative estimate of drug-likeness (QED) is 0.539. The summed E-state index contributed by atoms with van der Waals surface area (Å²) in [6.07, 6.45) is 0.201. The molecule has 1 aromatic carbocycles. The van der Waals surface area contributed by atoms with Gasteiger partial charge in [-0.2, -0.15) is 0 Å². The minimum atomic E-state index is -0.803. The average Bonchev–Trinajstić information content (AvgIpc) is 2.65. The van der Waals surface area contributed by atoms with Crippen LogP contribution in [-0.2, 0) is 25.7 Å².